The van der Waals surface area contributed by atoms with Gasteiger partial charge in [-0.1, -0.05) is 16.8 Å². The molecular formula is C12H11Cl2N3O4. The Bertz CT molecular complexity index is 660. The second kappa shape index (κ2) is 6.55. The number of ether oxygens (including phenoxy) is 2. The van der Waals surface area contributed by atoms with E-state index in [2.05, 4.69) is 20.3 Å². The SMILES string of the molecule is COc1cc(OC)c(NC(=O)Nc2cc(Cl)on2)cc1Cl. The quantitative estimate of drug-likeness (QED) is 0.893. The molecule has 1 heterocycles. The summed E-state index contributed by atoms with van der Waals surface area (Å²) >= 11 is 11.6. The minimum Gasteiger partial charge on any atom is -0.495 e. The van der Waals surface area contributed by atoms with Gasteiger partial charge in [-0.25, -0.2) is 4.79 Å². The Hall–Kier alpha value is -2.12. The molecule has 7 nitrogen and oxygen atoms in total. The second-order valence-electron chi connectivity index (χ2n) is 3.78. The molecule has 9 heteroatoms. The van der Waals surface area contributed by atoms with Crippen molar-refractivity contribution >= 4 is 40.7 Å². The molecule has 0 aliphatic rings. The Morgan fingerprint density at radius 3 is 2.43 bits per heavy atom. The molecule has 0 spiro atoms. The van der Waals surface area contributed by atoms with Gasteiger partial charge in [-0.2, -0.15) is 0 Å². The summed E-state index contributed by atoms with van der Waals surface area (Å²) < 4.78 is 14.9. The molecule has 0 atom stereocenters. The van der Waals surface area contributed by atoms with Gasteiger partial charge in [0.1, 0.15) is 11.5 Å². The number of carbonyl (C=O) groups excluding carboxylic acids is 1. The Labute approximate surface area is 130 Å². The Morgan fingerprint density at radius 2 is 1.86 bits per heavy atom. The number of methoxy groups -OCH3 is 2. The molecule has 0 radical (unpaired) electrons. The standard InChI is InChI=1S/C12H11Cl2N3O4/c1-19-8-4-9(20-2)7(3-6(8)13)15-12(18)16-11-5-10(14)21-17-11/h3-5H,1-2H3,(H2,15,16,17,18). The van der Waals surface area contributed by atoms with Crippen LogP contribution in [0.2, 0.25) is 10.2 Å². The molecule has 0 unspecified atom stereocenters. The predicted octanol–water partition coefficient (Wildman–Crippen LogP) is 3.64. The van der Waals surface area contributed by atoms with Gasteiger partial charge in [0.15, 0.2) is 5.82 Å². The van der Waals surface area contributed by atoms with Crippen LogP contribution < -0.4 is 20.1 Å². The van der Waals surface area contributed by atoms with E-state index in [9.17, 15) is 4.79 Å². The van der Waals surface area contributed by atoms with Crippen LogP contribution in [0.3, 0.4) is 0 Å². The van der Waals surface area contributed by atoms with Gasteiger partial charge in [0, 0.05) is 12.1 Å². The molecule has 2 amide bonds. The lowest BCUT2D eigenvalue weighted by atomic mass is 10.2. The molecule has 2 N–H and O–H groups in total. The van der Waals surface area contributed by atoms with Crippen LogP contribution in [0.1, 0.15) is 0 Å². The van der Waals surface area contributed by atoms with Crippen molar-refractivity contribution in [3.8, 4) is 11.5 Å². The van der Waals surface area contributed by atoms with Crippen molar-refractivity contribution in [3.63, 3.8) is 0 Å². The molecule has 2 aromatic rings. The van der Waals surface area contributed by atoms with E-state index in [1.165, 1.54) is 26.4 Å². The maximum atomic E-state index is 11.8. The third kappa shape index (κ3) is 3.71. The number of anilines is 2. The fourth-order valence-electron chi connectivity index (χ4n) is 1.54. The number of benzene rings is 1. The maximum Gasteiger partial charge on any atom is 0.325 e. The molecule has 0 saturated heterocycles. The van der Waals surface area contributed by atoms with Gasteiger partial charge in [-0.3, -0.25) is 5.32 Å². The number of aromatic nitrogens is 1. The molecule has 0 fully saturated rings. The highest BCUT2D eigenvalue weighted by atomic mass is 35.5. The van der Waals surface area contributed by atoms with Crippen LogP contribution in [-0.2, 0) is 0 Å². The smallest absolute Gasteiger partial charge is 0.325 e. The van der Waals surface area contributed by atoms with Crippen LogP contribution in [0.4, 0.5) is 16.3 Å². The van der Waals surface area contributed by atoms with Gasteiger partial charge < -0.3 is 19.3 Å². The largest absolute Gasteiger partial charge is 0.495 e. The Balaban J connectivity index is 2.14. The lowest BCUT2D eigenvalue weighted by Gasteiger charge is -2.13. The van der Waals surface area contributed by atoms with Crippen molar-refractivity contribution in [1.82, 2.24) is 5.16 Å². The number of amides is 2. The summed E-state index contributed by atoms with van der Waals surface area (Å²) in [5.74, 6) is 1.00. The lowest BCUT2D eigenvalue weighted by molar-refractivity contribution is 0.261. The van der Waals surface area contributed by atoms with Gasteiger partial charge in [0.25, 0.3) is 0 Å². The van der Waals surface area contributed by atoms with Gasteiger partial charge >= 0.3 is 6.03 Å². The van der Waals surface area contributed by atoms with Crippen LogP contribution in [0, 0.1) is 0 Å². The topological polar surface area (TPSA) is 85.6 Å². The number of hydrogen-bond donors (Lipinski definition) is 2. The summed E-state index contributed by atoms with van der Waals surface area (Å²) in [6.07, 6.45) is 0. The van der Waals surface area contributed by atoms with Crippen molar-refractivity contribution < 1.29 is 18.8 Å². The van der Waals surface area contributed by atoms with E-state index in [1.807, 2.05) is 0 Å². The van der Waals surface area contributed by atoms with Gasteiger partial charge in [-0.05, 0) is 17.7 Å². The molecule has 0 aliphatic heterocycles. The number of carbonyl (C=O) groups is 1. The Kier molecular flexibility index (Phi) is 4.77. The highest BCUT2D eigenvalue weighted by molar-refractivity contribution is 6.32. The van der Waals surface area contributed by atoms with E-state index in [-0.39, 0.29) is 11.0 Å². The van der Waals surface area contributed by atoms with Crippen molar-refractivity contribution in [2.75, 3.05) is 24.9 Å². The predicted molar refractivity (Wildman–Crippen MR) is 78.7 cm³/mol. The Morgan fingerprint density at radius 1 is 1.14 bits per heavy atom. The third-order valence-electron chi connectivity index (χ3n) is 2.45. The van der Waals surface area contributed by atoms with E-state index in [0.29, 0.717) is 22.2 Å². The number of hydrogen-bond acceptors (Lipinski definition) is 5. The summed E-state index contributed by atoms with van der Waals surface area (Å²) in [6, 6.07) is 3.87. The maximum absolute atomic E-state index is 11.8. The lowest BCUT2D eigenvalue weighted by Crippen LogP contribution is -2.20. The first-order chi connectivity index (χ1) is 10.0. The average Bonchev–Trinajstić information content (AvgIpc) is 2.84. The molecule has 21 heavy (non-hydrogen) atoms. The van der Waals surface area contributed by atoms with Crippen LogP contribution >= 0.6 is 23.2 Å². The molecule has 0 aliphatic carbocycles. The first kappa shape index (κ1) is 15.3. The number of nitrogens with zero attached hydrogens (tertiary/aromatic N) is 1. The van der Waals surface area contributed by atoms with Gasteiger partial charge in [-0.15, -0.1) is 0 Å². The molecule has 0 bridgehead atoms. The van der Waals surface area contributed by atoms with Crippen LogP contribution in [-0.4, -0.2) is 25.4 Å². The second-order valence-corrected chi connectivity index (χ2v) is 4.56. The van der Waals surface area contributed by atoms with Crippen LogP contribution in [0.25, 0.3) is 0 Å². The zero-order chi connectivity index (χ0) is 15.4. The van der Waals surface area contributed by atoms with E-state index >= 15 is 0 Å². The molecule has 2 rings (SSSR count). The van der Waals surface area contributed by atoms with Crippen molar-refractivity contribution in [2.45, 2.75) is 0 Å². The summed E-state index contributed by atoms with van der Waals surface area (Å²) in [7, 11) is 2.94. The normalized spacial score (nSPS) is 10.1. The zero-order valence-electron chi connectivity index (χ0n) is 11.1. The average molecular weight is 332 g/mol. The summed E-state index contributed by atoms with van der Waals surface area (Å²) in [5.41, 5.74) is 0.371. The summed E-state index contributed by atoms with van der Waals surface area (Å²) in [5, 5.41) is 8.94. The summed E-state index contributed by atoms with van der Waals surface area (Å²) in [6.45, 7) is 0. The first-order valence-electron chi connectivity index (χ1n) is 5.65. The van der Waals surface area contributed by atoms with Crippen LogP contribution in [0.5, 0.6) is 11.5 Å². The number of nitrogens with one attached hydrogen (secondary N) is 2. The van der Waals surface area contributed by atoms with E-state index in [1.54, 1.807) is 6.07 Å². The highest BCUT2D eigenvalue weighted by Crippen LogP contribution is 2.35. The molecule has 1 aromatic carbocycles. The monoisotopic (exact) mass is 331 g/mol. The van der Waals surface area contributed by atoms with Crippen molar-refractivity contribution in [3.05, 3.63) is 28.4 Å². The molecule has 0 saturated carbocycles. The summed E-state index contributed by atoms with van der Waals surface area (Å²) in [4.78, 5) is 11.8. The van der Waals surface area contributed by atoms with Crippen molar-refractivity contribution in [1.29, 1.82) is 0 Å². The molecular weight excluding hydrogens is 321 g/mol. The first-order valence-corrected chi connectivity index (χ1v) is 6.41. The van der Waals surface area contributed by atoms with Gasteiger partial charge in [0.2, 0.25) is 5.22 Å². The minimum absolute atomic E-state index is 0.0652. The minimum atomic E-state index is -0.556. The van der Waals surface area contributed by atoms with Gasteiger partial charge in [0.05, 0.1) is 24.9 Å². The van der Waals surface area contributed by atoms with E-state index in [4.69, 9.17) is 32.7 Å². The van der Waals surface area contributed by atoms with Crippen molar-refractivity contribution in [2.24, 2.45) is 0 Å². The fraction of sp³-hybridized carbons (Fsp3) is 0.167. The zero-order valence-corrected chi connectivity index (χ0v) is 12.6. The van der Waals surface area contributed by atoms with Crippen LogP contribution in [0.15, 0.2) is 22.7 Å². The number of rotatable bonds is 4. The van der Waals surface area contributed by atoms with E-state index < -0.39 is 6.03 Å². The fourth-order valence-corrected chi connectivity index (χ4v) is 1.92. The number of halogens is 2. The number of urea groups is 1. The molecule has 112 valence electrons. The third-order valence-corrected chi connectivity index (χ3v) is 2.92. The highest BCUT2D eigenvalue weighted by Gasteiger charge is 2.13. The molecule has 1 aromatic heterocycles. The van der Waals surface area contributed by atoms with E-state index in [0.717, 1.165) is 0 Å².